The van der Waals surface area contributed by atoms with Crippen molar-refractivity contribution in [2.24, 2.45) is 0 Å². The highest BCUT2D eigenvalue weighted by Gasteiger charge is 2.14. The Morgan fingerprint density at radius 2 is 1.88 bits per heavy atom. The molecular weight excluding hydrogens is 352 g/mol. The third-order valence-electron chi connectivity index (χ3n) is 3.81. The van der Waals surface area contributed by atoms with Crippen LogP contribution in [0.15, 0.2) is 42.5 Å². The van der Waals surface area contributed by atoms with Crippen LogP contribution in [0.2, 0.25) is 0 Å². The van der Waals surface area contributed by atoms with Crippen LogP contribution in [0, 0.1) is 13.8 Å². The first kappa shape index (κ1) is 19.8. The fraction of sp³-hybridized carbons (Fsp3) is 0.316. The van der Waals surface area contributed by atoms with Crippen LogP contribution in [0.25, 0.3) is 0 Å². The van der Waals surface area contributed by atoms with E-state index in [1.165, 1.54) is 0 Å². The predicted octanol–water partition coefficient (Wildman–Crippen LogP) is 2.83. The van der Waals surface area contributed by atoms with Crippen LogP contribution in [0.5, 0.6) is 5.75 Å². The zero-order valence-corrected chi connectivity index (χ0v) is 16.3. The number of carbonyl (C=O) groups is 1. The fourth-order valence-electron chi connectivity index (χ4n) is 2.39. The maximum Gasteiger partial charge on any atom is 0.253 e. The molecule has 7 heteroatoms. The molecule has 2 aromatic rings. The smallest absolute Gasteiger partial charge is 0.253 e. The zero-order valence-electron chi connectivity index (χ0n) is 15.4. The van der Waals surface area contributed by atoms with Crippen molar-refractivity contribution in [3.8, 4) is 5.75 Å². The number of amides is 1. The van der Waals surface area contributed by atoms with E-state index < -0.39 is 10.0 Å². The quantitative estimate of drug-likeness (QED) is 0.806. The Balaban J connectivity index is 2.00. The molecule has 2 rings (SSSR count). The Labute approximate surface area is 154 Å². The molecule has 0 aliphatic carbocycles. The number of rotatable bonds is 7. The summed E-state index contributed by atoms with van der Waals surface area (Å²) in [6.07, 6.45) is 1.08. The van der Waals surface area contributed by atoms with Crippen LogP contribution < -0.4 is 9.46 Å². The van der Waals surface area contributed by atoms with Gasteiger partial charge in [0, 0.05) is 12.6 Å². The Morgan fingerprint density at radius 3 is 2.54 bits per heavy atom. The van der Waals surface area contributed by atoms with Gasteiger partial charge in [-0.1, -0.05) is 18.2 Å². The average molecular weight is 376 g/mol. The fourth-order valence-corrected chi connectivity index (χ4v) is 3.01. The highest BCUT2D eigenvalue weighted by molar-refractivity contribution is 7.92. The molecule has 1 amide bonds. The van der Waals surface area contributed by atoms with Gasteiger partial charge in [-0.25, -0.2) is 8.42 Å². The number of carbonyl (C=O) groups excluding carboxylic acids is 1. The summed E-state index contributed by atoms with van der Waals surface area (Å²) in [5, 5.41) is 0. The molecule has 0 fully saturated rings. The number of aryl methyl sites for hydroxylation is 2. The summed E-state index contributed by atoms with van der Waals surface area (Å²) in [4.78, 5) is 14.1. The lowest BCUT2D eigenvalue weighted by atomic mass is 10.1. The number of likely N-dealkylation sites (N-methyl/N-ethyl adjacent to an activating group) is 1. The van der Waals surface area contributed by atoms with Gasteiger partial charge >= 0.3 is 0 Å². The van der Waals surface area contributed by atoms with E-state index in [-0.39, 0.29) is 5.91 Å². The van der Waals surface area contributed by atoms with Crippen LogP contribution >= 0.6 is 0 Å². The van der Waals surface area contributed by atoms with Crippen molar-refractivity contribution in [2.75, 3.05) is 31.2 Å². The molecule has 1 N–H and O–H groups in total. The second kappa shape index (κ2) is 8.23. The van der Waals surface area contributed by atoms with Crippen molar-refractivity contribution in [3.05, 3.63) is 59.2 Å². The van der Waals surface area contributed by atoms with Gasteiger partial charge in [-0.2, -0.15) is 0 Å². The number of ether oxygens (including phenoxy) is 1. The monoisotopic (exact) mass is 376 g/mol. The summed E-state index contributed by atoms with van der Waals surface area (Å²) >= 11 is 0. The molecule has 0 heterocycles. The third-order valence-corrected chi connectivity index (χ3v) is 4.40. The second-order valence-corrected chi connectivity index (χ2v) is 8.04. The summed E-state index contributed by atoms with van der Waals surface area (Å²) < 4.78 is 31.0. The van der Waals surface area contributed by atoms with Gasteiger partial charge in [0.1, 0.15) is 12.4 Å². The number of anilines is 1. The molecule has 0 unspecified atom stereocenters. The lowest BCUT2D eigenvalue weighted by Crippen LogP contribution is -2.31. The number of nitrogens with one attached hydrogen (secondary N) is 1. The van der Waals surface area contributed by atoms with Crippen molar-refractivity contribution < 1.29 is 17.9 Å². The number of hydrogen-bond donors (Lipinski definition) is 1. The molecule has 0 radical (unpaired) electrons. The van der Waals surface area contributed by atoms with E-state index in [0.29, 0.717) is 24.4 Å². The minimum absolute atomic E-state index is 0.200. The van der Waals surface area contributed by atoms with Crippen LogP contribution in [-0.2, 0) is 10.0 Å². The average Bonchev–Trinajstić information content (AvgIpc) is 2.55. The summed E-state index contributed by atoms with van der Waals surface area (Å²) in [5.41, 5.74) is 2.68. The Morgan fingerprint density at radius 1 is 1.15 bits per heavy atom. The van der Waals surface area contributed by atoms with E-state index >= 15 is 0 Å². The minimum Gasteiger partial charge on any atom is -0.492 e. The molecule has 26 heavy (non-hydrogen) atoms. The highest BCUT2D eigenvalue weighted by atomic mass is 32.2. The molecule has 0 atom stereocenters. The molecule has 0 spiro atoms. The molecule has 0 saturated carbocycles. The topological polar surface area (TPSA) is 75.7 Å². The molecule has 0 saturated heterocycles. The first-order valence-corrected chi connectivity index (χ1v) is 10.1. The lowest BCUT2D eigenvalue weighted by Gasteiger charge is -2.18. The summed E-state index contributed by atoms with van der Waals surface area (Å²) in [6, 6.07) is 12.7. The molecule has 2 aromatic carbocycles. The van der Waals surface area contributed by atoms with Gasteiger partial charge in [0.15, 0.2) is 0 Å². The van der Waals surface area contributed by atoms with E-state index in [1.807, 2.05) is 31.2 Å². The van der Waals surface area contributed by atoms with Crippen molar-refractivity contribution in [1.82, 2.24) is 4.90 Å². The van der Waals surface area contributed by atoms with Gasteiger partial charge in [-0.15, -0.1) is 0 Å². The maximum absolute atomic E-state index is 12.6. The van der Waals surface area contributed by atoms with E-state index in [1.54, 1.807) is 37.1 Å². The van der Waals surface area contributed by atoms with Crippen LogP contribution in [-0.4, -0.2) is 45.7 Å². The number of nitrogens with zero attached hydrogens (tertiary/aromatic N) is 1. The molecule has 140 valence electrons. The van der Waals surface area contributed by atoms with Gasteiger partial charge in [0.2, 0.25) is 10.0 Å². The number of hydrogen-bond acceptors (Lipinski definition) is 4. The summed E-state index contributed by atoms with van der Waals surface area (Å²) in [7, 11) is -1.72. The van der Waals surface area contributed by atoms with Gasteiger partial charge in [0.05, 0.1) is 18.5 Å². The molecule has 0 aromatic heterocycles. The lowest BCUT2D eigenvalue weighted by molar-refractivity contribution is 0.0774. The van der Waals surface area contributed by atoms with Gasteiger partial charge in [0.25, 0.3) is 5.91 Å². The van der Waals surface area contributed by atoms with Gasteiger partial charge < -0.3 is 9.64 Å². The van der Waals surface area contributed by atoms with Crippen molar-refractivity contribution in [1.29, 1.82) is 0 Å². The molecule has 0 aliphatic heterocycles. The van der Waals surface area contributed by atoms with E-state index in [0.717, 1.165) is 23.1 Å². The normalized spacial score (nSPS) is 11.1. The number of sulfonamides is 1. The Bertz CT molecular complexity index is 894. The second-order valence-electron chi connectivity index (χ2n) is 6.30. The first-order chi connectivity index (χ1) is 12.2. The third kappa shape index (κ3) is 5.77. The molecule has 6 nitrogen and oxygen atoms in total. The van der Waals surface area contributed by atoms with Gasteiger partial charge in [-0.05, 0) is 49.2 Å². The largest absolute Gasteiger partial charge is 0.492 e. The zero-order chi connectivity index (χ0) is 19.3. The minimum atomic E-state index is -3.41. The van der Waals surface area contributed by atoms with Crippen LogP contribution in [0.3, 0.4) is 0 Å². The molecular formula is C19H24N2O4S. The summed E-state index contributed by atoms with van der Waals surface area (Å²) in [5.74, 6) is 0.565. The summed E-state index contributed by atoms with van der Waals surface area (Å²) in [6.45, 7) is 4.55. The van der Waals surface area contributed by atoms with Crippen molar-refractivity contribution >= 4 is 21.6 Å². The SMILES string of the molecule is Cc1cccc(OCCN(C)C(=O)c2ccc(C)c(NS(C)(=O)=O)c2)c1. The van der Waals surface area contributed by atoms with Crippen molar-refractivity contribution in [3.63, 3.8) is 0 Å². The molecule has 0 bridgehead atoms. The Kier molecular flexibility index (Phi) is 6.26. The van der Waals surface area contributed by atoms with E-state index in [4.69, 9.17) is 4.74 Å². The van der Waals surface area contributed by atoms with E-state index in [2.05, 4.69) is 4.72 Å². The maximum atomic E-state index is 12.6. The van der Waals surface area contributed by atoms with Crippen LogP contribution in [0.4, 0.5) is 5.69 Å². The number of benzene rings is 2. The first-order valence-electron chi connectivity index (χ1n) is 8.19. The van der Waals surface area contributed by atoms with Crippen LogP contribution in [0.1, 0.15) is 21.5 Å². The Hall–Kier alpha value is -2.54. The van der Waals surface area contributed by atoms with Crippen molar-refractivity contribution in [2.45, 2.75) is 13.8 Å². The highest BCUT2D eigenvalue weighted by Crippen LogP contribution is 2.19. The molecule has 0 aliphatic rings. The van der Waals surface area contributed by atoms with Gasteiger partial charge in [-0.3, -0.25) is 9.52 Å². The van der Waals surface area contributed by atoms with E-state index in [9.17, 15) is 13.2 Å². The predicted molar refractivity (Wildman–Crippen MR) is 103 cm³/mol. The standard InChI is InChI=1S/C19H24N2O4S/c1-14-6-5-7-17(12-14)25-11-10-21(3)19(22)16-9-8-15(2)18(13-16)20-26(4,23)24/h5-9,12-13,20H,10-11H2,1-4H3.